The Bertz CT molecular complexity index is 4240. The van der Waals surface area contributed by atoms with Gasteiger partial charge in [0, 0.05) is 65.3 Å². The van der Waals surface area contributed by atoms with Gasteiger partial charge in [0.25, 0.3) is 0 Å². The number of benzene rings is 11. The van der Waals surface area contributed by atoms with Gasteiger partial charge in [-0.1, -0.05) is 146 Å². The molecule has 11 aromatic carbocycles. The van der Waals surface area contributed by atoms with Crippen LogP contribution in [0.2, 0.25) is 0 Å². The molecule has 0 N–H and O–H groups in total. The maximum absolute atomic E-state index is 6.86. The minimum Gasteiger partial charge on any atom is -0.456 e. The first-order valence-electron chi connectivity index (χ1n) is 22.4. The Morgan fingerprint density at radius 2 is 0.515 bits per heavy atom. The second-order valence-electron chi connectivity index (χ2n) is 17.5. The molecule has 0 unspecified atom stereocenters. The van der Waals surface area contributed by atoms with Crippen LogP contribution in [0.5, 0.6) is 0 Å². The Morgan fingerprint density at radius 1 is 0.197 bits per heavy atom. The van der Waals surface area contributed by atoms with E-state index in [1.54, 1.807) is 0 Å². The molecule has 4 heterocycles. The maximum Gasteiger partial charge on any atom is 0.143 e. The molecule has 0 aliphatic rings. The van der Waals surface area contributed by atoms with Crippen molar-refractivity contribution in [2.45, 2.75) is 0 Å². The maximum atomic E-state index is 6.86. The van der Waals surface area contributed by atoms with Crippen LogP contribution in [-0.4, -0.2) is 0 Å². The van der Waals surface area contributed by atoms with Crippen LogP contribution < -0.4 is 0 Å². The Balaban J connectivity index is 1.08. The van der Waals surface area contributed by atoms with Gasteiger partial charge >= 0.3 is 0 Å². The van der Waals surface area contributed by atoms with Gasteiger partial charge in [-0.15, -0.1) is 0 Å². The molecule has 0 amide bonds. The van der Waals surface area contributed by atoms with Crippen LogP contribution in [0.15, 0.2) is 224 Å². The fourth-order valence-electron chi connectivity index (χ4n) is 10.9. The average Bonchev–Trinajstić information content (AvgIpc) is 4.15. The molecule has 4 heteroatoms. The summed E-state index contributed by atoms with van der Waals surface area (Å²) < 4.78 is 26.3. The summed E-state index contributed by atoms with van der Waals surface area (Å²) in [5.74, 6) is 0. The van der Waals surface area contributed by atoms with Crippen LogP contribution in [-0.2, 0) is 0 Å². The van der Waals surface area contributed by atoms with Crippen LogP contribution in [0.3, 0.4) is 0 Å². The van der Waals surface area contributed by atoms with Gasteiger partial charge in [-0.3, -0.25) is 0 Å². The summed E-state index contributed by atoms with van der Waals surface area (Å²) in [4.78, 5) is 0. The second kappa shape index (κ2) is 13.3. The minimum absolute atomic E-state index is 0.867. The number of para-hydroxylation sites is 6. The topological polar surface area (TPSA) is 52.6 Å². The first-order chi connectivity index (χ1) is 32.7. The lowest BCUT2D eigenvalue weighted by Crippen LogP contribution is -1.93. The molecular weight excluding hydrogens is 809 g/mol. The first-order valence-corrected chi connectivity index (χ1v) is 22.4. The Morgan fingerprint density at radius 3 is 0.939 bits per heavy atom. The number of furan rings is 4. The van der Waals surface area contributed by atoms with E-state index < -0.39 is 0 Å². The molecule has 0 aliphatic carbocycles. The van der Waals surface area contributed by atoms with Crippen LogP contribution in [0.25, 0.3) is 154 Å². The van der Waals surface area contributed by atoms with Crippen molar-refractivity contribution < 1.29 is 17.7 Å². The predicted octanol–water partition coefficient (Wildman–Crippen LogP) is 18.3. The molecule has 15 aromatic rings. The summed E-state index contributed by atoms with van der Waals surface area (Å²) in [7, 11) is 0. The normalized spacial score (nSPS) is 12.2. The van der Waals surface area contributed by atoms with E-state index in [0.717, 1.165) is 154 Å². The van der Waals surface area contributed by atoms with E-state index in [1.165, 1.54) is 0 Å². The standard InChI is InChI=1S/C62H34O4/c1-7-21-55-39(11-1)45-15-9-17-47(61(45)65-55)59-43-27-23-36(38-26-30-58-50(32-38)42-14-4-6-20-54(42)64-58)34-52(43)60(48-18-10-16-46-40-12-2-8-22-56(40)66-62(46)48)44-28-24-35(33-51(44)59)37-25-29-57-49(31-37)41-13-3-5-19-53(41)63-57/h1-34H. The Kier molecular flexibility index (Phi) is 7.19. The van der Waals surface area contributed by atoms with E-state index in [9.17, 15) is 0 Å². The van der Waals surface area contributed by atoms with E-state index in [4.69, 9.17) is 17.7 Å². The van der Waals surface area contributed by atoms with Gasteiger partial charge in [0.2, 0.25) is 0 Å². The molecule has 306 valence electrons. The molecule has 0 aliphatic heterocycles. The largest absolute Gasteiger partial charge is 0.456 e. The predicted molar refractivity (Wildman–Crippen MR) is 272 cm³/mol. The second-order valence-corrected chi connectivity index (χ2v) is 17.5. The van der Waals surface area contributed by atoms with E-state index >= 15 is 0 Å². The van der Waals surface area contributed by atoms with Crippen molar-refractivity contribution in [3.8, 4) is 44.5 Å². The minimum atomic E-state index is 0.867. The van der Waals surface area contributed by atoms with Crippen molar-refractivity contribution in [3.63, 3.8) is 0 Å². The van der Waals surface area contributed by atoms with E-state index in [-0.39, 0.29) is 0 Å². The lowest BCUT2D eigenvalue weighted by molar-refractivity contribution is 0.668. The lowest BCUT2D eigenvalue weighted by Gasteiger charge is -2.20. The van der Waals surface area contributed by atoms with Crippen molar-refractivity contribution in [1.82, 2.24) is 0 Å². The summed E-state index contributed by atoms with van der Waals surface area (Å²) in [5.41, 5.74) is 15.8. The van der Waals surface area contributed by atoms with Crippen molar-refractivity contribution in [1.29, 1.82) is 0 Å². The molecule has 0 radical (unpaired) electrons. The Labute approximate surface area is 376 Å². The van der Waals surface area contributed by atoms with Gasteiger partial charge in [-0.25, -0.2) is 0 Å². The zero-order valence-corrected chi connectivity index (χ0v) is 35.3. The van der Waals surface area contributed by atoms with Gasteiger partial charge in [-0.05, 0) is 104 Å². The third-order valence-corrected chi connectivity index (χ3v) is 13.9. The molecule has 0 bridgehead atoms. The highest BCUT2D eigenvalue weighted by molar-refractivity contribution is 6.27. The summed E-state index contributed by atoms with van der Waals surface area (Å²) in [6, 6.07) is 73.4. The van der Waals surface area contributed by atoms with Crippen molar-refractivity contribution in [2.75, 3.05) is 0 Å². The average molecular weight is 843 g/mol. The van der Waals surface area contributed by atoms with Gasteiger partial charge < -0.3 is 17.7 Å². The van der Waals surface area contributed by atoms with E-state index in [1.807, 2.05) is 36.4 Å². The molecule has 15 rings (SSSR count). The summed E-state index contributed by atoms with van der Waals surface area (Å²) in [6.07, 6.45) is 0. The van der Waals surface area contributed by atoms with Crippen LogP contribution in [0.4, 0.5) is 0 Å². The lowest BCUT2D eigenvalue weighted by atomic mass is 9.83. The summed E-state index contributed by atoms with van der Waals surface area (Å²) in [5, 5.41) is 13.3. The van der Waals surface area contributed by atoms with Gasteiger partial charge in [0.1, 0.15) is 44.7 Å². The molecule has 66 heavy (non-hydrogen) atoms. The zero-order valence-electron chi connectivity index (χ0n) is 35.3. The number of hydrogen-bond donors (Lipinski definition) is 0. The van der Waals surface area contributed by atoms with Crippen LogP contribution in [0, 0.1) is 0 Å². The highest BCUT2D eigenvalue weighted by Gasteiger charge is 2.24. The molecule has 0 fully saturated rings. The third kappa shape index (κ3) is 5.04. The number of fused-ring (bicyclic) bond motifs is 14. The van der Waals surface area contributed by atoms with Crippen molar-refractivity contribution in [3.05, 3.63) is 206 Å². The number of rotatable bonds is 4. The zero-order chi connectivity index (χ0) is 43.0. The van der Waals surface area contributed by atoms with E-state index in [0.29, 0.717) is 0 Å². The van der Waals surface area contributed by atoms with Gasteiger partial charge in [-0.2, -0.15) is 0 Å². The quantitative estimate of drug-likeness (QED) is 0.166. The number of hydrogen-bond acceptors (Lipinski definition) is 4. The fourth-order valence-corrected chi connectivity index (χ4v) is 10.9. The van der Waals surface area contributed by atoms with Crippen molar-refractivity contribution in [2.24, 2.45) is 0 Å². The highest BCUT2D eigenvalue weighted by Crippen LogP contribution is 2.50. The smallest absolute Gasteiger partial charge is 0.143 e. The molecule has 0 atom stereocenters. The highest BCUT2D eigenvalue weighted by atomic mass is 16.3. The third-order valence-electron chi connectivity index (χ3n) is 13.9. The Hall–Kier alpha value is -8.86. The van der Waals surface area contributed by atoms with Gasteiger partial charge in [0.15, 0.2) is 0 Å². The summed E-state index contributed by atoms with van der Waals surface area (Å²) >= 11 is 0. The van der Waals surface area contributed by atoms with E-state index in [2.05, 4.69) is 170 Å². The van der Waals surface area contributed by atoms with Gasteiger partial charge in [0.05, 0.1) is 0 Å². The van der Waals surface area contributed by atoms with Crippen LogP contribution >= 0.6 is 0 Å². The fraction of sp³-hybridized carbons (Fsp3) is 0. The molecule has 0 saturated carbocycles. The summed E-state index contributed by atoms with van der Waals surface area (Å²) in [6.45, 7) is 0. The monoisotopic (exact) mass is 842 g/mol. The molecular formula is C62H34O4. The first kappa shape index (κ1) is 35.6. The molecule has 4 aromatic heterocycles. The van der Waals surface area contributed by atoms with Crippen molar-refractivity contribution >= 4 is 109 Å². The molecule has 0 saturated heterocycles. The molecule has 4 nitrogen and oxygen atoms in total. The van der Waals surface area contributed by atoms with Crippen LogP contribution in [0.1, 0.15) is 0 Å². The SMILES string of the molecule is c1ccc2c(c1)oc1ccc(-c3ccc4c(-c5cccc6c5oc5ccccc56)c5cc(-c6ccc7oc8ccccc8c7c6)ccc5c(-c5cccc6c5oc5ccccc56)c4c3)cc12. The molecule has 0 spiro atoms.